The van der Waals surface area contributed by atoms with Gasteiger partial charge in [-0.05, 0) is 13.0 Å². The van der Waals surface area contributed by atoms with Gasteiger partial charge in [0.25, 0.3) is 0 Å². The lowest BCUT2D eigenvalue weighted by Gasteiger charge is -2.28. The smallest absolute Gasteiger partial charge is 0.192 e. The molecule has 1 aromatic carbocycles. The van der Waals surface area contributed by atoms with Gasteiger partial charge in [0.1, 0.15) is 5.75 Å². The van der Waals surface area contributed by atoms with Crippen LogP contribution in [0.1, 0.15) is 24.9 Å². The Kier molecular flexibility index (Phi) is 5.30. The normalized spacial score (nSPS) is 17.9. The number of para-hydroxylation sites is 1. The first-order valence-corrected chi connectivity index (χ1v) is 7.18. The average Bonchev–Trinajstić information content (AvgIpc) is 2.45. The van der Waals surface area contributed by atoms with Gasteiger partial charge in [0.15, 0.2) is 5.96 Å². The minimum Gasteiger partial charge on any atom is -0.493 e. The van der Waals surface area contributed by atoms with Crippen molar-refractivity contribution in [3.05, 3.63) is 41.4 Å². The first-order valence-electron chi connectivity index (χ1n) is 6.80. The SMILES string of the molecule is C=C(Cl)CN=C(NCC)NC1CCOc2ccccc21. The van der Waals surface area contributed by atoms with Crippen molar-refractivity contribution in [2.75, 3.05) is 19.7 Å². The zero-order chi connectivity index (χ0) is 14.4. The average molecular weight is 294 g/mol. The standard InChI is InChI=1S/C15H20ClN3O/c1-3-17-15(18-10-11(2)16)19-13-8-9-20-14-7-5-4-6-12(13)14/h4-7,13H,2-3,8-10H2,1H3,(H2,17,18,19). The molecular formula is C15H20ClN3O. The number of fused-ring (bicyclic) bond motifs is 1. The number of nitrogens with one attached hydrogen (secondary N) is 2. The summed E-state index contributed by atoms with van der Waals surface area (Å²) >= 11 is 5.77. The number of halogens is 1. The molecular weight excluding hydrogens is 274 g/mol. The maximum atomic E-state index is 5.77. The van der Waals surface area contributed by atoms with Gasteiger partial charge in [-0.3, -0.25) is 0 Å². The molecule has 108 valence electrons. The summed E-state index contributed by atoms with van der Waals surface area (Å²) in [5, 5.41) is 7.16. The Morgan fingerprint density at radius 1 is 1.50 bits per heavy atom. The maximum Gasteiger partial charge on any atom is 0.192 e. The molecule has 5 heteroatoms. The number of rotatable bonds is 4. The van der Waals surface area contributed by atoms with E-state index < -0.39 is 0 Å². The number of hydrogen-bond acceptors (Lipinski definition) is 2. The van der Waals surface area contributed by atoms with Crippen LogP contribution >= 0.6 is 11.6 Å². The molecule has 2 rings (SSSR count). The van der Waals surface area contributed by atoms with Crippen molar-refractivity contribution in [3.63, 3.8) is 0 Å². The molecule has 1 unspecified atom stereocenters. The van der Waals surface area contributed by atoms with Gasteiger partial charge in [0.05, 0.1) is 19.2 Å². The van der Waals surface area contributed by atoms with Crippen LogP contribution in [0.2, 0.25) is 0 Å². The van der Waals surface area contributed by atoms with Crippen molar-refractivity contribution >= 4 is 17.6 Å². The van der Waals surface area contributed by atoms with Crippen molar-refractivity contribution in [3.8, 4) is 5.75 Å². The van der Waals surface area contributed by atoms with Crippen LogP contribution < -0.4 is 15.4 Å². The second kappa shape index (κ2) is 7.20. The Labute approximate surface area is 124 Å². The molecule has 1 atom stereocenters. The molecule has 2 N–H and O–H groups in total. The van der Waals surface area contributed by atoms with E-state index in [2.05, 4.69) is 28.3 Å². The predicted molar refractivity (Wildman–Crippen MR) is 83.4 cm³/mol. The summed E-state index contributed by atoms with van der Waals surface area (Å²) in [5.74, 6) is 1.69. The largest absolute Gasteiger partial charge is 0.493 e. The highest BCUT2D eigenvalue weighted by atomic mass is 35.5. The Balaban J connectivity index is 2.11. The van der Waals surface area contributed by atoms with Crippen LogP contribution in [0, 0.1) is 0 Å². The van der Waals surface area contributed by atoms with E-state index in [-0.39, 0.29) is 6.04 Å². The molecule has 0 saturated heterocycles. The second-order valence-corrected chi connectivity index (χ2v) is 5.12. The van der Waals surface area contributed by atoms with Crippen LogP contribution in [0.15, 0.2) is 40.9 Å². The summed E-state index contributed by atoms with van der Waals surface area (Å²) in [5.41, 5.74) is 1.16. The summed E-state index contributed by atoms with van der Waals surface area (Å²) in [6.45, 7) is 7.59. The van der Waals surface area contributed by atoms with Crippen molar-refractivity contribution in [1.29, 1.82) is 0 Å². The van der Waals surface area contributed by atoms with E-state index in [9.17, 15) is 0 Å². The van der Waals surface area contributed by atoms with Gasteiger partial charge in [-0.2, -0.15) is 0 Å². The lowest BCUT2D eigenvalue weighted by molar-refractivity contribution is 0.261. The van der Waals surface area contributed by atoms with Gasteiger partial charge in [-0.15, -0.1) is 0 Å². The molecule has 1 aliphatic rings. The first-order chi connectivity index (χ1) is 9.70. The third-order valence-electron chi connectivity index (χ3n) is 3.02. The number of nitrogens with zero attached hydrogens (tertiary/aromatic N) is 1. The van der Waals surface area contributed by atoms with E-state index in [4.69, 9.17) is 16.3 Å². The van der Waals surface area contributed by atoms with E-state index in [1.165, 1.54) is 0 Å². The van der Waals surface area contributed by atoms with E-state index in [0.717, 1.165) is 30.2 Å². The van der Waals surface area contributed by atoms with Gasteiger partial charge in [0, 0.05) is 23.6 Å². The van der Waals surface area contributed by atoms with Crippen LogP contribution in [-0.2, 0) is 0 Å². The molecule has 0 spiro atoms. The summed E-state index contributed by atoms with van der Waals surface area (Å²) in [6, 6.07) is 8.27. The fourth-order valence-electron chi connectivity index (χ4n) is 2.14. The summed E-state index contributed by atoms with van der Waals surface area (Å²) in [6.07, 6.45) is 0.906. The van der Waals surface area contributed by atoms with E-state index in [0.29, 0.717) is 18.2 Å². The van der Waals surface area contributed by atoms with Crippen molar-refractivity contribution in [1.82, 2.24) is 10.6 Å². The van der Waals surface area contributed by atoms with Gasteiger partial charge in [0.2, 0.25) is 0 Å². The number of ether oxygens (including phenoxy) is 1. The quantitative estimate of drug-likeness (QED) is 0.663. The Morgan fingerprint density at radius 3 is 3.05 bits per heavy atom. The predicted octanol–water partition coefficient (Wildman–Crippen LogP) is 2.82. The zero-order valence-electron chi connectivity index (χ0n) is 11.7. The number of aliphatic imine (C=N–C) groups is 1. The van der Waals surface area contributed by atoms with Gasteiger partial charge >= 0.3 is 0 Å². The first kappa shape index (κ1) is 14.7. The van der Waals surface area contributed by atoms with Crippen molar-refractivity contribution in [2.45, 2.75) is 19.4 Å². The lowest BCUT2D eigenvalue weighted by Crippen LogP contribution is -2.41. The van der Waals surface area contributed by atoms with E-state index in [1.807, 2.05) is 25.1 Å². The van der Waals surface area contributed by atoms with Crippen LogP contribution in [0.5, 0.6) is 5.75 Å². The van der Waals surface area contributed by atoms with Gasteiger partial charge in [-0.25, -0.2) is 4.99 Å². The molecule has 0 aromatic heterocycles. The molecule has 0 radical (unpaired) electrons. The highest BCUT2D eigenvalue weighted by Gasteiger charge is 2.21. The molecule has 0 amide bonds. The Bertz CT molecular complexity index is 502. The minimum atomic E-state index is 0.196. The topological polar surface area (TPSA) is 45.7 Å². The lowest BCUT2D eigenvalue weighted by atomic mass is 10.0. The number of guanidine groups is 1. The molecule has 1 aliphatic heterocycles. The van der Waals surface area contributed by atoms with Crippen molar-refractivity contribution in [2.24, 2.45) is 4.99 Å². The monoisotopic (exact) mass is 293 g/mol. The van der Waals surface area contributed by atoms with E-state index >= 15 is 0 Å². The molecule has 0 saturated carbocycles. The molecule has 20 heavy (non-hydrogen) atoms. The number of hydrogen-bond donors (Lipinski definition) is 2. The van der Waals surface area contributed by atoms with Crippen LogP contribution in [0.25, 0.3) is 0 Å². The van der Waals surface area contributed by atoms with Gasteiger partial charge in [-0.1, -0.05) is 36.4 Å². The highest BCUT2D eigenvalue weighted by Crippen LogP contribution is 2.31. The second-order valence-electron chi connectivity index (χ2n) is 4.58. The van der Waals surface area contributed by atoms with Crippen LogP contribution in [0.3, 0.4) is 0 Å². The molecule has 0 bridgehead atoms. The summed E-state index contributed by atoms with van der Waals surface area (Å²) in [4.78, 5) is 4.40. The molecule has 1 heterocycles. The minimum absolute atomic E-state index is 0.196. The fourth-order valence-corrected chi connectivity index (χ4v) is 2.20. The zero-order valence-corrected chi connectivity index (χ0v) is 12.4. The molecule has 0 aliphatic carbocycles. The fraction of sp³-hybridized carbons (Fsp3) is 0.400. The Hall–Kier alpha value is -1.68. The molecule has 1 aromatic rings. The third-order valence-corrected chi connectivity index (χ3v) is 3.14. The summed E-state index contributed by atoms with van der Waals surface area (Å²) < 4.78 is 5.66. The highest BCUT2D eigenvalue weighted by molar-refractivity contribution is 6.29. The molecule has 4 nitrogen and oxygen atoms in total. The third kappa shape index (κ3) is 3.90. The van der Waals surface area contributed by atoms with Crippen molar-refractivity contribution < 1.29 is 4.74 Å². The maximum absolute atomic E-state index is 5.77. The van der Waals surface area contributed by atoms with Crippen LogP contribution in [0.4, 0.5) is 0 Å². The summed E-state index contributed by atoms with van der Waals surface area (Å²) in [7, 11) is 0. The van der Waals surface area contributed by atoms with Crippen LogP contribution in [-0.4, -0.2) is 25.7 Å². The molecule has 0 fully saturated rings. The number of benzene rings is 1. The van der Waals surface area contributed by atoms with Gasteiger partial charge < -0.3 is 15.4 Å². The Morgan fingerprint density at radius 2 is 2.30 bits per heavy atom. The van der Waals surface area contributed by atoms with E-state index in [1.54, 1.807) is 0 Å².